The highest BCUT2D eigenvalue weighted by molar-refractivity contribution is 6.01. The first-order chi connectivity index (χ1) is 13.0. The van der Waals surface area contributed by atoms with Crippen LogP contribution in [-0.2, 0) is 16.1 Å². The molecule has 1 aliphatic rings. The maximum Gasteiger partial charge on any atom is 0.227 e. The maximum absolute atomic E-state index is 12.5. The summed E-state index contributed by atoms with van der Waals surface area (Å²) in [6, 6.07) is 13.5. The fourth-order valence-corrected chi connectivity index (χ4v) is 3.49. The molecular weight excluding hydrogens is 342 g/mol. The first-order valence-electron chi connectivity index (χ1n) is 9.00. The summed E-state index contributed by atoms with van der Waals surface area (Å²) in [4.78, 5) is 30.9. The molecule has 0 aliphatic carbocycles. The van der Waals surface area contributed by atoms with E-state index in [0.29, 0.717) is 30.1 Å². The molecule has 0 radical (unpaired) electrons. The maximum atomic E-state index is 12.5. The van der Waals surface area contributed by atoms with Gasteiger partial charge in [-0.3, -0.25) is 9.59 Å². The van der Waals surface area contributed by atoms with Crippen molar-refractivity contribution in [3.8, 4) is 0 Å². The standard InChI is InChI=1S/C21H21N3O3/c1-13-4-3-5-15(8-13)11-22-21(26)16-9-20(25)24(12-16)17-6-7-19-18(10-17)23-14(2)27-19/h3-8,10,16H,9,11-12H2,1-2H3,(H,22,26). The van der Waals surface area contributed by atoms with Crippen LogP contribution in [-0.4, -0.2) is 23.3 Å². The predicted molar refractivity (Wildman–Crippen MR) is 102 cm³/mol. The Morgan fingerprint density at radius 1 is 1.26 bits per heavy atom. The van der Waals surface area contributed by atoms with Crippen molar-refractivity contribution in [3.63, 3.8) is 0 Å². The van der Waals surface area contributed by atoms with E-state index < -0.39 is 0 Å². The lowest BCUT2D eigenvalue weighted by molar-refractivity contribution is -0.126. The summed E-state index contributed by atoms with van der Waals surface area (Å²) in [5.74, 6) is 0.0938. The molecule has 1 atom stereocenters. The average molecular weight is 363 g/mol. The fraction of sp³-hybridized carbons (Fsp3) is 0.286. The third-order valence-electron chi connectivity index (χ3n) is 4.83. The molecule has 1 unspecified atom stereocenters. The predicted octanol–water partition coefficient (Wildman–Crippen LogP) is 3.11. The van der Waals surface area contributed by atoms with Gasteiger partial charge in [-0.15, -0.1) is 0 Å². The number of anilines is 1. The number of carbonyl (C=O) groups excluding carboxylic acids is 2. The van der Waals surface area contributed by atoms with Gasteiger partial charge in [-0.25, -0.2) is 4.98 Å². The van der Waals surface area contributed by atoms with Gasteiger partial charge in [0.15, 0.2) is 11.5 Å². The second kappa shape index (κ2) is 6.87. The van der Waals surface area contributed by atoms with Gasteiger partial charge in [0.2, 0.25) is 11.8 Å². The van der Waals surface area contributed by atoms with E-state index in [1.807, 2.05) is 49.4 Å². The number of nitrogens with zero attached hydrogens (tertiary/aromatic N) is 2. The van der Waals surface area contributed by atoms with Gasteiger partial charge in [0.25, 0.3) is 0 Å². The third kappa shape index (κ3) is 3.56. The number of amides is 2. The Bertz CT molecular complexity index is 1020. The Morgan fingerprint density at radius 3 is 2.93 bits per heavy atom. The van der Waals surface area contributed by atoms with Crippen molar-refractivity contribution in [2.24, 2.45) is 5.92 Å². The molecule has 2 heterocycles. The molecule has 3 aromatic rings. The number of oxazole rings is 1. The molecule has 0 spiro atoms. The molecule has 1 fully saturated rings. The topological polar surface area (TPSA) is 75.4 Å². The highest BCUT2D eigenvalue weighted by atomic mass is 16.3. The second-order valence-corrected chi connectivity index (χ2v) is 7.00. The summed E-state index contributed by atoms with van der Waals surface area (Å²) in [6.45, 7) is 4.65. The summed E-state index contributed by atoms with van der Waals surface area (Å²) < 4.78 is 5.48. The number of hydrogen-bond donors (Lipinski definition) is 1. The highest BCUT2D eigenvalue weighted by Gasteiger charge is 2.35. The van der Waals surface area contributed by atoms with E-state index in [0.717, 1.165) is 16.8 Å². The lowest BCUT2D eigenvalue weighted by Crippen LogP contribution is -2.32. The van der Waals surface area contributed by atoms with Gasteiger partial charge in [0.05, 0.1) is 5.92 Å². The molecule has 2 aromatic carbocycles. The van der Waals surface area contributed by atoms with Crippen LogP contribution in [0.15, 0.2) is 46.9 Å². The molecular formula is C21H21N3O3. The molecule has 0 saturated carbocycles. The monoisotopic (exact) mass is 363 g/mol. The van der Waals surface area contributed by atoms with Crippen LogP contribution in [0.5, 0.6) is 0 Å². The fourth-order valence-electron chi connectivity index (χ4n) is 3.49. The largest absolute Gasteiger partial charge is 0.441 e. The summed E-state index contributed by atoms with van der Waals surface area (Å²) in [7, 11) is 0. The van der Waals surface area contributed by atoms with Crippen LogP contribution >= 0.6 is 0 Å². The van der Waals surface area contributed by atoms with Crippen molar-refractivity contribution in [1.82, 2.24) is 10.3 Å². The summed E-state index contributed by atoms with van der Waals surface area (Å²) in [5.41, 5.74) is 4.36. The van der Waals surface area contributed by atoms with Crippen LogP contribution in [0.25, 0.3) is 11.1 Å². The van der Waals surface area contributed by atoms with Crippen molar-refractivity contribution < 1.29 is 14.0 Å². The van der Waals surface area contributed by atoms with E-state index in [4.69, 9.17) is 4.42 Å². The number of benzene rings is 2. The SMILES string of the molecule is Cc1cccc(CNC(=O)C2CC(=O)N(c3ccc4oc(C)nc4c3)C2)c1. The minimum Gasteiger partial charge on any atom is -0.441 e. The Morgan fingerprint density at radius 2 is 2.11 bits per heavy atom. The number of nitrogens with one attached hydrogen (secondary N) is 1. The number of aromatic nitrogens is 1. The molecule has 1 aromatic heterocycles. The number of rotatable bonds is 4. The number of fused-ring (bicyclic) bond motifs is 1. The van der Waals surface area contributed by atoms with E-state index in [-0.39, 0.29) is 24.2 Å². The lowest BCUT2D eigenvalue weighted by atomic mass is 10.1. The van der Waals surface area contributed by atoms with Gasteiger partial charge in [-0.1, -0.05) is 29.8 Å². The van der Waals surface area contributed by atoms with Crippen molar-refractivity contribution >= 4 is 28.6 Å². The normalized spacial score (nSPS) is 16.9. The molecule has 6 heteroatoms. The van der Waals surface area contributed by atoms with Crippen molar-refractivity contribution in [3.05, 3.63) is 59.5 Å². The van der Waals surface area contributed by atoms with Crippen LogP contribution in [0, 0.1) is 19.8 Å². The molecule has 2 amide bonds. The Labute approximate surface area is 157 Å². The molecule has 138 valence electrons. The third-order valence-corrected chi connectivity index (χ3v) is 4.83. The minimum atomic E-state index is -0.350. The quantitative estimate of drug-likeness (QED) is 0.773. The van der Waals surface area contributed by atoms with Crippen LogP contribution in [0.4, 0.5) is 5.69 Å². The van der Waals surface area contributed by atoms with Gasteiger partial charge in [0.1, 0.15) is 5.52 Å². The Hall–Kier alpha value is -3.15. The summed E-state index contributed by atoms with van der Waals surface area (Å²) in [6.07, 6.45) is 0.218. The van der Waals surface area contributed by atoms with E-state index in [9.17, 15) is 9.59 Å². The molecule has 4 rings (SSSR count). The molecule has 6 nitrogen and oxygen atoms in total. The van der Waals surface area contributed by atoms with Crippen molar-refractivity contribution in [2.75, 3.05) is 11.4 Å². The molecule has 1 aliphatic heterocycles. The van der Waals surface area contributed by atoms with E-state index in [2.05, 4.69) is 10.3 Å². The van der Waals surface area contributed by atoms with Gasteiger partial charge in [0, 0.05) is 32.1 Å². The lowest BCUT2D eigenvalue weighted by Gasteiger charge is -2.16. The van der Waals surface area contributed by atoms with Crippen LogP contribution < -0.4 is 10.2 Å². The van der Waals surface area contributed by atoms with Gasteiger partial charge < -0.3 is 14.6 Å². The van der Waals surface area contributed by atoms with Crippen LogP contribution in [0.3, 0.4) is 0 Å². The van der Waals surface area contributed by atoms with Gasteiger partial charge >= 0.3 is 0 Å². The van der Waals surface area contributed by atoms with Crippen LogP contribution in [0.2, 0.25) is 0 Å². The summed E-state index contributed by atoms with van der Waals surface area (Å²) >= 11 is 0. The first-order valence-corrected chi connectivity index (χ1v) is 9.00. The number of carbonyl (C=O) groups is 2. The molecule has 1 saturated heterocycles. The van der Waals surface area contributed by atoms with E-state index >= 15 is 0 Å². The number of hydrogen-bond acceptors (Lipinski definition) is 4. The minimum absolute atomic E-state index is 0.0507. The zero-order chi connectivity index (χ0) is 19.0. The average Bonchev–Trinajstić information content (AvgIpc) is 3.20. The zero-order valence-electron chi connectivity index (χ0n) is 15.4. The highest BCUT2D eigenvalue weighted by Crippen LogP contribution is 2.28. The second-order valence-electron chi connectivity index (χ2n) is 7.00. The van der Waals surface area contributed by atoms with Gasteiger partial charge in [-0.2, -0.15) is 0 Å². The van der Waals surface area contributed by atoms with Crippen molar-refractivity contribution in [2.45, 2.75) is 26.8 Å². The Balaban J connectivity index is 1.43. The number of aryl methyl sites for hydroxylation is 2. The van der Waals surface area contributed by atoms with Crippen molar-refractivity contribution in [1.29, 1.82) is 0 Å². The van der Waals surface area contributed by atoms with E-state index in [1.165, 1.54) is 0 Å². The Kier molecular flexibility index (Phi) is 4.39. The first kappa shape index (κ1) is 17.3. The summed E-state index contributed by atoms with van der Waals surface area (Å²) in [5, 5.41) is 2.95. The van der Waals surface area contributed by atoms with E-state index in [1.54, 1.807) is 11.8 Å². The van der Waals surface area contributed by atoms with Gasteiger partial charge in [-0.05, 0) is 30.7 Å². The molecule has 1 N–H and O–H groups in total. The molecule has 0 bridgehead atoms. The van der Waals surface area contributed by atoms with Crippen LogP contribution in [0.1, 0.15) is 23.4 Å². The molecule has 27 heavy (non-hydrogen) atoms. The zero-order valence-corrected chi connectivity index (χ0v) is 15.4. The smallest absolute Gasteiger partial charge is 0.227 e.